The van der Waals surface area contributed by atoms with Gasteiger partial charge in [0.25, 0.3) is 0 Å². The lowest BCUT2D eigenvalue weighted by Crippen LogP contribution is -3.11. The molecule has 0 bridgehead atoms. The minimum Gasteiger partial charge on any atom is -0.453 e. The van der Waals surface area contributed by atoms with Gasteiger partial charge in [-0.25, -0.2) is 9.18 Å². The summed E-state index contributed by atoms with van der Waals surface area (Å²) < 4.78 is 18.3. The molecule has 3 nitrogen and oxygen atoms in total. The van der Waals surface area contributed by atoms with E-state index in [1.54, 1.807) is 6.07 Å². The molecule has 1 unspecified atom stereocenters. The first-order valence-corrected chi connectivity index (χ1v) is 6.45. The molecule has 4 heteroatoms. The number of benzene rings is 1. The number of halogens is 1. The number of hydrogen-bond acceptors (Lipinski definition) is 2. The Hall–Kier alpha value is -1.42. The third-order valence-electron chi connectivity index (χ3n) is 3.26. The third-order valence-corrected chi connectivity index (χ3v) is 3.26. The van der Waals surface area contributed by atoms with Gasteiger partial charge in [-0.15, -0.1) is 0 Å². The van der Waals surface area contributed by atoms with Crippen LogP contribution in [0.4, 0.5) is 4.39 Å². The Morgan fingerprint density at radius 3 is 2.83 bits per heavy atom. The number of ether oxygens (including phenoxy) is 1. The number of carbonyl (C=O) groups excluding carboxylic acids is 1. The van der Waals surface area contributed by atoms with Crippen molar-refractivity contribution in [2.45, 2.75) is 25.9 Å². The predicted octanol–water partition coefficient (Wildman–Crippen LogP) is 1.05. The summed E-state index contributed by atoms with van der Waals surface area (Å²) in [6.45, 7) is 5.04. The fourth-order valence-corrected chi connectivity index (χ4v) is 2.39. The van der Waals surface area contributed by atoms with E-state index in [-0.39, 0.29) is 11.7 Å². The highest BCUT2D eigenvalue weighted by atomic mass is 19.1. The van der Waals surface area contributed by atoms with Gasteiger partial charge in [0.2, 0.25) is 0 Å². The highest BCUT2D eigenvalue weighted by molar-refractivity contribution is 5.89. The van der Waals surface area contributed by atoms with Gasteiger partial charge in [0.1, 0.15) is 18.5 Å². The van der Waals surface area contributed by atoms with Gasteiger partial charge < -0.3 is 9.64 Å². The van der Waals surface area contributed by atoms with Crippen LogP contribution in [0.1, 0.15) is 30.1 Å². The van der Waals surface area contributed by atoms with Crippen LogP contribution >= 0.6 is 0 Å². The molecule has 0 spiro atoms. The highest BCUT2D eigenvalue weighted by Gasteiger charge is 2.21. The molecule has 2 rings (SSSR count). The Balaban J connectivity index is 1.86. The number of carbonyl (C=O) groups is 1. The molecule has 1 atom stereocenters. The maximum atomic E-state index is 13.0. The van der Waals surface area contributed by atoms with Crippen LogP contribution in [0.3, 0.4) is 0 Å². The minimum atomic E-state index is -0.444. The van der Waals surface area contributed by atoms with E-state index in [9.17, 15) is 9.18 Å². The molecule has 1 N–H and O–H groups in total. The maximum absolute atomic E-state index is 13.0. The molecule has 0 saturated carbocycles. The molecular weight excluding hydrogens is 233 g/mol. The zero-order valence-corrected chi connectivity index (χ0v) is 10.6. The van der Waals surface area contributed by atoms with E-state index in [2.05, 4.69) is 0 Å². The van der Waals surface area contributed by atoms with Crippen LogP contribution in [-0.4, -0.2) is 31.7 Å². The highest BCUT2D eigenvalue weighted by Crippen LogP contribution is 2.06. The van der Waals surface area contributed by atoms with Crippen LogP contribution in [0, 0.1) is 5.82 Å². The van der Waals surface area contributed by atoms with Gasteiger partial charge >= 0.3 is 5.97 Å². The van der Waals surface area contributed by atoms with Crippen molar-refractivity contribution < 1.29 is 18.8 Å². The number of rotatable bonds is 4. The molecule has 0 aliphatic carbocycles. The van der Waals surface area contributed by atoms with Crippen LogP contribution in [-0.2, 0) is 4.74 Å². The second-order valence-electron chi connectivity index (χ2n) is 4.89. The van der Waals surface area contributed by atoms with Gasteiger partial charge in [-0.3, -0.25) is 0 Å². The fraction of sp³-hybridized carbons (Fsp3) is 0.500. The van der Waals surface area contributed by atoms with E-state index in [1.807, 2.05) is 6.92 Å². The summed E-state index contributed by atoms with van der Waals surface area (Å²) in [4.78, 5) is 13.3. The van der Waals surface area contributed by atoms with Gasteiger partial charge in [-0.05, 0) is 25.1 Å². The molecule has 1 aromatic rings. The number of hydrogen-bond donors (Lipinski definition) is 1. The van der Waals surface area contributed by atoms with Gasteiger partial charge in [0.15, 0.2) is 0 Å². The van der Waals surface area contributed by atoms with Gasteiger partial charge in [-0.1, -0.05) is 6.07 Å². The molecule has 98 valence electrons. The molecule has 0 aromatic heterocycles. The van der Waals surface area contributed by atoms with Gasteiger partial charge in [-0.2, -0.15) is 0 Å². The van der Waals surface area contributed by atoms with E-state index in [0.29, 0.717) is 0 Å². The monoisotopic (exact) mass is 252 g/mol. The second-order valence-corrected chi connectivity index (χ2v) is 4.89. The molecule has 18 heavy (non-hydrogen) atoms. The molecule has 1 aliphatic heterocycles. The van der Waals surface area contributed by atoms with Crippen molar-refractivity contribution in [2.24, 2.45) is 0 Å². The van der Waals surface area contributed by atoms with E-state index >= 15 is 0 Å². The summed E-state index contributed by atoms with van der Waals surface area (Å²) in [5, 5.41) is 0. The van der Waals surface area contributed by atoms with E-state index in [1.165, 1.54) is 35.9 Å². The molecule has 0 amide bonds. The lowest BCUT2D eigenvalue weighted by Gasteiger charge is -2.18. The Labute approximate surface area is 107 Å². The zero-order chi connectivity index (χ0) is 13.0. The lowest BCUT2D eigenvalue weighted by atomic mass is 10.2. The van der Waals surface area contributed by atoms with Crippen molar-refractivity contribution in [1.29, 1.82) is 0 Å². The van der Waals surface area contributed by atoms with Gasteiger partial charge in [0, 0.05) is 12.8 Å². The van der Waals surface area contributed by atoms with E-state index in [0.717, 1.165) is 19.6 Å². The molecule has 1 saturated heterocycles. The summed E-state index contributed by atoms with van der Waals surface area (Å²) in [6, 6.07) is 5.61. The summed E-state index contributed by atoms with van der Waals surface area (Å²) in [6.07, 6.45) is 2.37. The Kier molecular flexibility index (Phi) is 4.31. The Bertz CT molecular complexity index is 416. The van der Waals surface area contributed by atoms with Crippen molar-refractivity contribution in [1.82, 2.24) is 0 Å². The van der Waals surface area contributed by atoms with Crippen molar-refractivity contribution >= 4 is 5.97 Å². The molecule has 0 radical (unpaired) electrons. The summed E-state index contributed by atoms with van der Waals surface area (Å²) in [5.41, 5.74) is 0.276. The van der Waals surface area contributed by atoms with Crippen LogP contribution in [0.25, 0.3) is 0 Å². The maximum Gasteiger partial charge on any atom is 0.338 e. The molecule has 1 aliphatic rings. The lowest BCUT2D eigenvalue weighted by molar-refractivity contribution is -0.890. The van der Waals surface area contributed by atoms with Crippen LogP contribution in [0.2, 0.25) is 0 Å². The van der Waals surface area contributed by atoms with E-state index in [4.69, 9.17) is 4.74 Å². The molecule has 1 heterocycles. The Morgan fingerprint density at radius 2 is 2.17 bits per heavy atom. The van der Waals surface area contributed by atoms with Crippen molar-refractivity contribution in [2.75, 3.05) is 19.6 Å². The smallest absolute Gasteiger partial charge is 0.338 e. The SMILES string of the molecule is CC(C[NH+]1CCCC1)OC(=O)c1cccc(F)c1. The van der Waals surface area contributed by atoms with Crippen molar-refractivity contribution in [3.05, 3.63) is 35.6 Å². The number of likely N-dealkylation sites (tertiary alicyclic amines) is 1. The van der Waals surface area contributed by atoms with Crippen LogP contribution in [0.15, 0.2) is 24.3 Å². The standard InChI is InChI=1S/C14H18FNO2/c1-11(10-16-7-2-3-8-16)18-14(17)12-5-4-6-13(15)9-12/h4-6,9,11H,2-3,7-8,10H2,1H3/p+1. The largest absolute Gasteiger partial charge is 0.453 e. The molecule has 1 aromatic carbocycles. The second kappa shape index (κ2) is 5.96. The average molecular weight is 252 g/mol. The average Bonchev–Trinajstić information content (AvgIpc) is 2.81. The van der Waals surface area contributed by atoms with Crippen molar-refractivity contribution in [3.8, 4) is 0 Å². The number of nitrogens with one attached hydrogen (secondary N) is 1. The summed E-state index contributed by atoms with van der Waals surface area (Å²) in [7, 11) is 0. The number of quaternary nitrogens is 1. The molecular formula is C14H19FNO2+. The first-order valence-electron chi connectivity index (χ1n) is 6.45. The van der Waals surface area contributed by atoms with Crippen LogP contribution < -0.4 is 4.90 Å². The first-order chi connectivity index (χ1) is 8.65. The zero-order valence-electron chi connectivity index (χ0n) is 10.6. The Morgan fingerprint density at radius 1 is 1.44 bits per heavy atom. The first kappa shape index (κ1) is 13.0. The number of esters is 1. The minimum absolute atomic E-state index is 0.131. The normalized spacial score (nSPS) is 17.7. The van der Waals surface area contributed by atoms with Crippen LogP contribution in [0.5, 0.6) is 0 Å². The topological polar surface area (TPSA) is 30.7 Å². The fourth-order valence-electron chi connectivity index (χ4n) is 2.39. The third kappa shape index (κ3) is 3.53. The predicted molar refractivity (Wildman–Crippen MR) is 66.1 cm³/mol. The quantitative estimate of drug-likeness (QED) is 0.812. The van der Waals surface area contributed by atoms with Crippen molar-refractivity contribution in [3.63, 3.8) is 0 Å². The van der Waals surface area contributed by atoms with Gasteiger partial charge in [0.05, 0.1) is 18.7 Å². The van der Waals surface area contributed by atoms with E-state index < -0.39 is 11.8 Å². The summed E-state index contributed by atoms with van der Waals surface area (Å²) >= 11 is 0. The molecule has 1 fully saturated rings. The summed E-state index contributed by atoms with van der Waals surface area (Å²) in [5.74, 6) is -0.858.